The van der Waals surface area contributed by atoms with Crippen LogP contribution in [0, 0.1) is 16.6 Å². The number of rotatable bonds is 7. The van der Waals surface area contributed by atoms with Gasteiger partial charge >= 0.3 is 5.97 Å². The fourth-order valence-corrected chi connectivity index (χ4v) is 6.35. The van der Waals surface area contributed by atoms with E-state index in [4.69, 9.17) is 10.5 Å². The number of carbonyl (C=O) groups excluding carboxylic acids is 1. The summed E-state index contributed by atoms with van der Waals surface area (Å²) in [5, 5.41) is 0. The number of benzene rings is 1. The summed E-state index contributed by atoms with van der Waals surface area (Å²) in [6.07, 6.45) is 13.4. The Morgan fingerprint density at radius 3 is 2.55 bits per heavy atom. The number of carbonyl (C=O) groups is 1. The van der Waals surface area contributed by atoms with Crippen LogP contribution < -0.4 is 10.5 Å². The topological polar surface area (TPSA) is 52.3 Å². The second-order valence-corrected chi connectivity index (χ2v) is 11.2. The Morgan fingerprint density at radius 1 is 1.10 bits per heavy atom. The van der Waals surface area contributed by atoms with E-state index in [1.54, 1.807) is 0 Å². The highest BCUT2D eigenvalue weighted by molar-refractivity contribution is 5.82. The molecule has 2 fully saturated rings. The highest BCUT2D eigenvalue weighted by Crippen LogP contribution is 2.54. The zero-order valence-corrected chi connectivity index (χ0v) is 19.7. The molecule has 2 N–H and O–H groups in total. The van der Waals surface area contributed by atoms with Crippen molar-refractivity contribution in [1.29, 1.82) is 0 Å². The summed E-state index contributed by atoms with van der Waals surface area (Å²) < 4.78 is 21.2. The molecule has 0 aliphatic heterocycles. The smallest absolute Gasteiger partial charge is 0.317 e. The third kappa shape index (κ3) is 4.17. The molecule has 2 saturated carbocycles. The lowest BCUT2D eigenvalue weighted by atomic mass is 9.54. The van der Waals surface area contributed by atoms with Crippen LogP contribution in [0.3, 0.4) is 0 Å². The molecule has 1 aromatic rings. The van der Waals surface area contributed by atoms with Crippen molar-refractivity contribution < 1.29 is 13.9 Å². The minimum absolute atomic E-state index is 0.0218. The number of unbranched alkanes of at least 4 members (excludes halogenated alkanes) is 3. The van der Waals surface area contributed by atoms with Crippen LogP contribution in [-0.4, -0.2) is 12.0 Å². The number of fused-ring (bicyclic) bond motifs is 4. The van der Waals surface area contributed by atoms with Gasteiger partial charge in [0.05, 0.1) is 5.41 Å². The highest BCUT2D eigenvalue weighted by atomic mass is 19.1. The van der Waals surface area contributed by atoms with E-state index in [2.05, 4.69) is 20.8 Å². The van der Waals surface area contributed by atoms with Gasteiger partial charge in [0.25, 0.3) is 0 Å². The first-order valence-corrected chi connectivity index (χ1v) is 12.5. The fourth-order valence-electron chi connectivity index (χ4n) is 6.35. The molecule has 0 aromatic heterocycles. The summed E-state index contributed by atoms with van der Waals surface area (Å²) in [6, 6.07) is 3.35. The van der Waals surface area contributed by atoms with E-state index >= 15 is 4.39 Å². The van der Waals surface area contributed by atoms with Gasteiger partial charge in [-0.1, -0.05) is 65.7 Å². The zero-order valence-electron chi connectivity index (χ0n) is 19.7. The Bertz CT molecular complexity index is 833. The largest absolute Gasteiger partial charge is 0.426 e. The quantitative estimate of drug-likeness (QED) is 0.302. The molecular formula is C27H40FNO2. The van der Waals surface area contributed by atoms with Gasteiger partial charge in [-0.3, -0.25) is 4.79 Å². The SMILES string of the molecule is CCCCCCC1(C(=O)Oc2cc(F)c3c(c2)[C@@]2(C)CCCCCC(C)(C3)[C@@H]2N)CC1. The molecule has 3 nitrogen and oxygen atoms in total. The van der Waals surface area contributed by atoms with Crippen molar-refractivity contribution in [3.8, 4) is 5.75 Å². The molecule has 3 aliphatic carbocycles. The van der Waals surface area contributed by atoms with E-state index in [1.807, 2.05) is 6.07 Å². The van der Waals surface area contributed by atoms with Crippen LogP contribution in [-0.2, 0) is 16.6 Å². The van der Waals surface area contributed by atoms with E-state index in [1.165, 1.54) is 25.3 Å². The number of hydrogen-bond acceptors (Lipinski definition) is 3. The van der Waals surface area contributed by atoms with Gasteiger partial charge in [-0.2, -0.15) is 0 Å². The van der Waals surface area contributed by atoms with Gasteiger partial charge < -0.3 is 10.5 Å². The third-order valence-electron chi connectivity index (χ3n) is 8.75. The maximum atomic E-state index is 15.4. The van der Waals surface area contributed by atoms with Crippen molar-refractivity contribution >= 4 is 5.97 Å². The number of esters is 1. The molecule has 4 heteroatoms. The first-order chi connectivity index (χ1) is 14.7. The van der Waals surface area contributed by atoms with Crippen LogP contribution in [0.15, 0.2) is 12.1 Å². The van der Waals surface area contributed by atoms with Crippen molar-refractivity contribution in [1.82, 2.24) is 0 Å². The van der Waals surface area contributed by atoms with Crippen LogP contribution in [0.5, 0.6) is 5.75 Å². The van der Waals surface area contributed by atoms with Gasteiger partial charge in [0, 0.05) is 17.5 Å². The van der Waals surface area contributed by atoms with Crippen LogP contribution >= 0.6 is 0 Å². The highest BCUT2D eigenvalue weighted by Gasteiger charge is 2.52. The molecule has 4 rings (SSSR count). The molecular weight excluding hydrogens is 389 g/mol. The zero-order chi connectivity index (χ0) is 22.3. The van der Waals surface area contributed by atoms with Gasteiger partial charge in [-0.15, -0.1) is 0 Å². The number of nitrogens with two attached hydrogens (primary N) is 1. The molecule has 0 radical (unpaired) electrons. The lowest BCUT2D eigenvalue weighted by Crippen LogP contribution is -2.58. The van der Waals surface area contributed by atoms with Crippen LogP contribution in [0.1, 0.15) is 109 Å². The lowest BCUT2D eigenvalue weighted by molar-refractivity contribution is -0.140. The molecule has 0 amide bonds. The molecule has 0 saturated heterocycles. The Hall–Kier alpha value is -1.42. The van der Waals surface area contributed by atoms with Crippen molar-refractivity contribution in [2.24, 2.45) is 16.6 Å². The summed E-state index contributed by atoms with van der Waals surface area (Å²) in [4.78, 5) is 13.0. The average Bonchev–Trinajstić information content (AvgIpc) is 3.52. The summed E-state index contributed by atoms with van der Waals surface area (Å²) in [5.74, 6) is -0.0469. The van der Waals surface area contributed by atoms with Gasteiger partial charge in [0.1, 0.15) is 11.6 Å². The predicted octanol–water partition coefficient (Wildman–Crippen LogP) is 6.59. The molecule has 3 aliphatic rings. The number of hydrogen-bond donors (Lipinski definition) is 1. The molecule has 2 bridgehead atoms. The van der Waals surface area contributed by atoms with Gasteiger partial charge in [-0.25, -0.2) is 4.39 Å². The van der Waals surface area contributed by atoms with Crippen molar-refractivity contribution in [3.05, 3.63) is 29.1 Å². The van der Waals surface area contributed by atoms with E-state index in [0.717, 1.165) is 68.9 Å². The van der Waals surface area contributed by atoms with Gasteiger partial charge in [0.2, 0.25) is 0 Å². The number of halogens is 1. The van der Waals surface area contributed by atoms with Gasteiger partial charge in [0.15, 0.2) is 0 Å². The van der Waals surface area contributed by atoms with Gasteiger partial charge in [-0.05, 0) is 61.1 Å². The van der Waals surface area contributed by atoms with E-state index in [9.17, 15) is 4.79 Å². The molecule has 0 heterocycles. The average molecular weight is 430 g/mol. The minimum Gasteiger partial charge on any atom is -0.426 e. The van der Waals surface area contributed by atoms with E-state index < -0.39 is 0 Å². The Kier molecular flexibility index (Phi) is 6.24. The minimum atomic E-state index is -0.334. The second-order valence-electron chi connectivity index (χ2n) is 11.2. The summed E-state index contributed by atoms with van der Waals surface area (Å²) in [6.45, 7) is 6.62. The van der Waals surface area contributed by atoms with Crippen molar-refractivity contribution in [3.63, 3.8) is 0 Å². The maximum absolute atomic E-state index is 15.4. The molecule has 1 aromatic carbocycles. The monoisotopic (exact) mass is 429 g/mol. The van der Waals surface area contributed by atoms with Crippen LogP contribution in [0.25, 0.3) is 0 Å². The molecule has 0 spiro atoms. The Morgan fingerprint density at radius 2 is 1.84 bits per heavy atom. The lowest BCUT2D eigenvalue weighted by Gasteiger charge is -2.53. The van der Waals surface area contributed by atoms with Crippen LogP contribution in [0.4, 0.5) is 4.39 Å². The first-order valence-electron chi connectivity index (χ1n) is 12.5. The normalized spacial score (nSPS) is 31.3. The van der Waals surface area contributed by atoms with Crippen molar-refractivity contribution in [2.75, 3.05) is 0 Å². The summed E-state index contributed by atoms with van der Waals surface area (Å²) in [7, 11) is 0. The fraction of sp³-hybridized carbons (Fsp3) is 0.741. The Labute approximate surface area is 187 Å². The van der Waals surface area contributed by atoms with Crippen LogP contribution in [0.2, 0.25) is 0 Å². The first kappa shape index (κ1) is 22.8. The summed E-state index contributed by atoms with van der Waals surface area (Å²) >= 11 is 0. The molecule has 31 heavy (non-hydrogen) atoms. The molecule has 3 atom stereocenters. The summed E-state index contributed by atoms with van der Waals surface area (Å²) in [5.41, 5.74) is 7.91. The predicted molar refractivity (Wildman–Crippen MR) is 123 cm³/mol. The number of ether oxygens (including phenoxy) is 1. The molecule has 1 unspecified atom stereocenters. The van der Waals surface area contributed by atoms with E-state index in [-0.39, 0.29) is 34.1 Å². The Balaban J connectivity index is 1.58. The third-order valence-corrected chi connectivity index (χ3v) is 8.75. The van der Waals surface area contributed by atoms with Crippen molar-refractivity contribution in [2.45, 2.75) is 116 Å². The maximum Gasteiger partial charge on any atom is 0.317 e. The standard InChI is InChI=1S/C27H40FNO2/c1-4-5-6-10-13-27(14-15-27)24(30)31-19-16-21-20(22(28)17-19)18-25(2)11-8-7-9-12-26(21,3)23(25)29/h16-17,23H,4-15,18,29H2,1-3H3/t23-,25?,26+/m0/s1. The molecule has 172 valence electrons. The van der Waals surface area contributed by atoms with E-state index in [0.29, 0.717) is 12.2 Å². The second kappa shape index (κ2) is 8.50.